The SMILES string of the molecule is COCC1(C(N)=O)CCCN1C(=O)c1ccc(N2CCCCC2)cc1. The molecule has 136 valence electrons. The number of amides is 2. The maximum absolute atomic E-state index is 13.0. The molecule has 0 aromatic heterocycles. The zero-order valence-electron chi connectivity index (χ0n) is 14.9. The van der Waals surface area contributed by atoms with E-state index in [9.17, 15) is 9.59 Å². The smallest absolute Gasteiger partial charge is 0.254 e. The molecule has 2 fully saturated rings. The molecule has 1 unspecified atom stereocenters. The second-order valence-corrected chi connectivity index (χ2v) is 6.98. The lowest BCUT2D eigenvalue weighted by Crippen LogP contribution is -2.58. The Hall–Kier alpha value is -2.08. The van der Waals surface area contributed by atoms with Crippen molar-refractivity contribution in [3.8, 4) is 0 Å². The van der Waals surface area contributed by atoms with Gasteiger partial charge < -0.3 is 20.3 Å². The van der Waals surface area contributed by atoms with Crippen LogP contribution in [0, 0.1) is 0 Å². The molecular weight excluding hydrogens is 318 g/mol. The Labute approximate surface area is 148 Å². The fraction of sp³-hybridized carbons (Fsp3) is 0.579. The fourth-order valence-corrected chi connectivity index (χ4v) is 4.01. The molecule has 1 aromatic carbocycles. The van der Waals surface area contributed by atoms with E-state index in [0.717, 1.165) is 25.2 Å². The molecule has 0 aliphatic carbocycles. The highest BCUT2D eigenvalue weighted by molar-refractivity contribution is 5.99. The van der Waals surface area contributed by atoms with Gasteiger partial charge in [0.05, 0.1) is 6.61 Å². The molecular formula is C19H27N3O3. The average molecular weight is 345 g/mol. The van der Waals surface area contributed by atoms with Crippen molar-refractivity contribution in [3.05, 3.63) is 29.8 Å². The predicted octanol–water partition coefficient (Wildman–Crippen LogP) is 1.78. The van der Waals surface area contributed by atoms with Crippen LogP contribution in [0.1, 0.15) is 42.5 Å². The zero-order valence-corrected chi connectivity index (χ0v) is 14.9. The van der Waals surface area contributed by atoms with Crippen LogP contribution in [-0.4, -0.2) is 55.6 Å². The summed E-state index contributed by atoms with van der Waals surface area (Å²) in [5, 5.41) is 0. The summed E-state index contributed by atoms with van der Waals surface area (Å²) >= 11 is 0. The summed E-state index contributed by atoms with van der Waals surface area (Å²) in [6.07, 6.45) is 5.02. The molecule has 2 heterocycles. The normalized spacial score (nSPS) is 23.7. The Morgan fingerprint density at radius 2 is 1.76 bits per heavy atom. The molecule has 6 heteroatoms. The van der Waals surface area contributed by atoms with E-state index in [1.165, 1.54) is 26.4 Å². The van der Waals surface area contributed by atoms with Crippen molar-refractivity contribution < 1.29 is 14.3 Å². The van der Waals surface area contributed by atoms with Crippen molar-refractivity contribution in [2.24, 2.45) is 5.73 Å². The first-order valence-corrected chi connectivity index (χ1v) is 9.04. The Bertz CT molecular complexity index is 625. The molecule has 6 nitrogen and oxygen atoms in total. The fourth-order valence-electron chi connectivity index (χ4n) is 4.01. The van der Waals surface area contributed by atoms with Gasteiger partial charge in [-0.1, -0.05) is 0 Å². The molecule has 2 saturated heterocycles. The molecule has 25 heavy (non-hydrogen) atoms. The van der Waals surface area contributed by atoms with Crippen LogP contribution >= 0.6 is 0 Å². The van der Waals surface area contributed by atoms with E-state index in [1.807, 2.05) is 24.3 Å². The van der Waals surface area contributed by atoms with Gasteiger partial charge in [0.2, 0.25) is 5.91 Å². The van der Waals surface area contributed by atoms with Crippen molar-refractivity contribution in [2.75, 3.05) is 38.3 Å². The number of ether oxygens (including phenoxy) is 1. The zero-order chi connectivity index (χ0) is 17.9. The van der Waals surface area contributed by atoms with Crippen LogP contribution < -0.4 is 10.6 Å². The van der Waals surface area contributed by atoms with Gasteiger partial charge in [0, 0.05) is 38.0 Å². The molecule has 0 spiro atoms. The Kier molecular flexibility index (Phi) is 5.27. The van der Waals surface area contributed by atoms with Crippen molar-refractivity contribution in [1.29, 1.82) is 0 Å². The van der Waals surface area contributed by atoms with Gasteiger partial charge in [0.15, 0.2) is 0 Å². The lowest BCUT2D eigenvalue weighted by Gasteiger charge is -2.35. The second-order valence-electron chi connectivity index (χ2n) is 6.98. The molecule has 2 amide bonds. The van der Waals surface area contributed by atoms with Crippen molar-refractivity contribution >= 4 is 17.5 Å². The third-order valence-corrected chi connectivity index (χ3v) is 5.41. The van der Waals surface area contributed by atoms with Gasteiger partial charge in [-0.05, 0) is 56.4 Å². The van der Waals surface area contributed by atoms with Gasteiger partial charge in [-0.15, -0.1) is 0 Å². The summed E-state index contributed by atoms with van der Waals surface area (Å²) in [5.41, 5.74) is 6.33. The molecule has 1 aromatic rings. The summed E-state index contributed by atoms with van der Waals surface area (Å²) in [5.74, 6) is -0.649. The number of likely N-dealkylation sites (tertiary alicyclic amines) is 1. The molecule has 0 saturated carbocycles. The summed E-state index contributed by atoms with van der Waals surface area (Å²) in [6, 6.07) is 7.69. The molecule has 0 bridgehead atoms. The van der Waals surface area contributed by atoms with Gasteiger partial charge in [0.1, 0.15) is 5.54 Å². The number of hydrogen-bond donors (Lipinski definition) is 1. The number of hydrogen-bond acceptors (Lipinski definition) is 4. The molecule has 2 aliphatic rings. The van der Waals surface area contributed by atoms with Crippen LogP contribution in [0.3, 0.4) is 0 Å². The van der Waals surface area contributed by atoms with Crippen LogP contribution in [0.2, 0.25) is 0 Å². The minimum Gasteiger partial charge on any atom is -0.382 e. The minimum absolute atomic E-state index is 0.139. The number of carbonyl (C=O) groups is 2. The Morgan fingerprint density at radius 3 is 2.36 bits per heavy atom. The van der Waals surface area contributed by atoms with Crippen molar-refractivity contribution in [2.45, 2.75) is 37.6 Å². The van der Waals surface area contributed by atoms with Gasteiger partial charge in [-0.2, -0.15) is 0 Å². The number of nitrogens with zero attached hydrogens (tertiary/aromatic N) is 2. The summed E-state index contributed by atoms with van der Waals surface area (Å²) in [6.45, 7) is 2.80. The first-order valence-electron chi connectivity index (χ1n) is 9.04. The highest BCUT2D eigenvalue weighted by atomic mass is 16.5. The van der Waals surface area contributed by atoms with E-state index >= 15 is 0 Å². The number of methoxy groups -OCH3 is 1. The number of piperidine rings is 1. The summed E-state index contributed by atoms with van der Waals surface area (Å²) in [4.78, 5) is 29.0. The van der Waals surface area contributed by atoms with E-state index in [-0.39, 0.29) is 12.5 Å². The van der Waals surface area contributed by atoms with Crippen molar-refractivity contribution in [3.63, 3.8) is 0 Å². The lowest BCUT2D eigenvalue weighted by atomic mass is 9.95. The van der Waals surface area contributed by atoms with Gasteiger partial charge >= 0.3 is 0 Å². The van der Waals surface area contributed by atoms with Crippen LogP contribution in [0.4, 0.5) is 5.69 Å². The predicted molar refractivity (Wildman–Crippen MR) is 96.6 cm³/mol. The van der Waals surface area contributed by atoms with Crippen LogP contribution in [-0.2, 0) is 9.53 Å². The van der Waals surface area contributed by atoms with E-state index in [0.29, 0.717) is 18.5 Å². The highest BCUT2D eigenvalue weighted by Crippen LogP contribution is 2.31. The minimum atomic E-state index is -1.03. The molecule has 2 N–H and O–H groups in total. The number of carbonyl (C=O) groups excluding carboxylic acids is 2. The summed E-state index contributed by atoms with van der Waals surface area (Å²) in [7, 11) is 1.53. The summed E-state index contributed by atoms with van der Waals surface area (Å²) < 4.78 is 5.20. The Balaban J connectivity index is 1.78. The lowest BCUT2D eigenvalue weighted by molar-refractivity contribution is -0.130. The van der Waals surface area contributed by atoms with E-state index in [4.69, 9.17) is 10.5 Å². The standard InChI is InChI=1S/C19H27N3O3/c1-25-14-19(18(20)24)10-5-13-22(19)17(23)15-6-8-16(9-7-15)21-11-3-2-4-12-21/h6-9H,2-5,10-14H2,1H3,(H2,20,24). The first-order chi connectivity index (χ1) is 12.1. The van der Waals surface area contributed by atoms with Gasteiger partial charge in [0.25, 0.3) is 5.91 Å². The van der Waals surface area contributed by atoms with Crippen LogP contribution in [0.25, 0.3) is 0 Å². The monoisotopic (exact) mass is 345 g/mol. The molecule has 2 aliphatic heterocycles. The Morgan fingerprint density at radius 1 is 1.08 bits per heavy atom. The maximum atomic E-state index is 13.0. The third kappa shape index (κ3) is 3.35. The number of nitrogens with two attached hydrogens (primary N) is 1. The average Bonchev–Trinajstić information content (AvgIpc) is 3.07. The quantitative estimate of drug-likeness (QED) is 0.883. The third-order valence-electron chi connectivity index (χ3n) is 5.41. The largest absolute Gasteiger partial charge is 0.382 e. The van der Waals surface area contributed by atoms with Gasteiger partial charge in [-0.3, -0.25) is 9.59 Å². The molecule has 0 radical (unpaired) electrons. The number of rotatable bonds is 5. The number of anilines is 1. The van der Waals surface area contributed by atoms with Crippen molar-refractivity contribution in [1.82, 2.24) is 4.90 Å². The van der Waals surface area contributed by atoms with Gasteiger partial charge in [-0.25, -0.2) is 0 Å². The second kappa shape index (κ2) is 7.44. The van der Waals surface area contributed by atoms with E-state index in [1.54, 1.807) is 4.90 Å². The molecule has 3 rings (SSSR count). The topological polar surface area (TPSA) is 75.9 Å². The highest BCUT2D eigenvalue weighted by Gasteiger charge is 2.48. The number of primary amides is 1. The van der Waals surface area contributed by atoms with E-state index < -0.39 is 11.4 Å². The van der Waals surface area contributed by atoms with Crippen LogP contribution in [0.5, 0.6) is 0 Å². The van der Waals surface area contributed by atoms with E-state index in [2.05, 4.69) is 4.90 Å². The first kappa shape index (κ1) is 17.7. The van der Waals surface area contributed by atoms with Crippen LogP contribution in [0.15, 0.2) is 24.3 Å². The maximum Gasteiger partial charge on any atom is 0.254 e. The molecule has 1 atom stereocenters. The number of benzene rings is 1.